The van der Waals surface area contributed by atoms with Gasteiger partial charge in [-0.25, -0.2) is 0 Å². The minimum Gasteiger partial charge on any atom is -0.481 e. The maximum Gasteiger partial charge on any atom is 0.307 e. The van der Waals surface area contributed by atoms with Crippen molar-refractivity contribution in [2.45, 2.75) is 19.8 Å². The Balaban J connectivity index is 4.92. The molecule has 8 nitrogen and oxygen atoms in total. The number of carboxylic acids is 3. The number of esters is 1. The standard InChI is InChI=1S/C10H14O8/c1-2-18-8(13)4-6(10(16)17)5(9(14)15)3-7(11)12/h5-6H,2-4H2,1H3,(H,11,12)(H,14,15)(H,16,17). The first-order valence-corrected chi connectivity index (χ1v) is 5.12. The molecule has 8 heteroatoms. The van der Waals surface area contributed by atoms with Gasteiger partial charge in [-0.2, -0.15) is 0 Å². The van der Waals surface area contributed by atoms with Crippen molar-refractivity contribution < 1.29 is 39.2 Å². The van der Waals surface area contributed by atoms with Crippen molar-refractivity contribution in [3.8, 4) is 0 Å². The zero-order valence-electron chi connectivity index (χ0n) is 9.66. The van der Waals surface area contributed by atoms with Gasteiger partial charge in [0.1, 0.15) is 0 Å². The summed E-state index contributed by atoms with van der Waals surface area (Å²) in [6.45, 7) is 1.54. The number of hydrogen-bond donors (Lipinski definition) is 3. The predicted molar refractivity (Wildman–Crippen MR) is 55.8 cm³/mol. The maximum atomic E-state index is 11.1. The third-order valence-electron chi connectivity index (χ3n) is 2.21. The molecule has 0 amide bonds. The Hall–Kier alpha value is -2.12. The van der Waals surface area contributed by atoms with Crippen LogP contribution in [0.1, 0.15) is 19.8 Å². The maximum absolute atomic E-state index is 11.1. The van der Waals surface area contributed by atoms with Crippen LogP contribution < -0.4 is 0 Å². The summed E-state index contributed by atoms with van der Waals surface area (Å²) in [6.07, 6.45) is -1.54. The third-order valence-corrected chi connectivity index (χ3v) is 2.21. The summed E-state index contributed by atoms with van der Waals surface area (Å²) in [6, 6.07) is 0. The van der Waals surface area contributed by atoms with E-state index in [0.717, 1.165) is 0 Å². The second kappa shape index (κ2) is 7.25. The van der Waals surface area contributed by atoms with E-state index in [9.17, 15) is 19.2 Å². The molecule has 2 atom stereocenters. The summed E-state index contributed by atoms with van der Waals surface area (Å²) in [4.78, 5) is 43.4. The van der Waals surface area contributed by atoms with Gasteiger partial charge in [0.15, 0.2) is 0 Å². The molecule has 0 heterocycles. The van der Waals surface area contributed by atoms with Gasteiger partial charge < -0.3 is 20.1 Å². The molecule has 0 aromatic rings. The first-order valence-electron chi connectivity index (χ1n) is 5.12. The molecule has 102 valence electrons. The average Bonchev–Trinajstić information content (AvgIpc) is 2.22. The molecular weight excluding hydrogens is 248 g/mol. The highest BCUT2D eigenvalue weighted by Crippen LogP contribution is 2.21. The van der Waals surface area contributed by atoms with E-state index in [0.29, 0.717) is 0 Å². The molecule has 0 rings (SSSR count). The van der Waals surface area contributed by atoms with Crippen LogP contribution in [-0.2, 0) is 23.9 Å². The van der Waals surface area contributed by atoms with Gasteiger partial charge in [0.05, 0.1) is 31.3 Å². The first kappa shape index (κ1) is 15.9. The Kier molecular flexibility index (Phi) is 6.40. The van der Waals surface area contributed by atoms with E-state index >= 15 is 0 Å². The summed E-state index contributed by atoms with van der Waals surface area (Å²) < 4.78 is 4.51. The second-order valence-corrected chi connectivity index (χ2v) is 3.50. The molecule has 3 N–H and O–H groups in total. The number of carboxylic acid groups (broad SMARTS) is 3. The highest BCUT2D eigenvalue weighted by atomic mass is 16.5. The van der Waals surface area contributed by atoms with Crippen LogP contribution >= 0.6 is 0 Å². The van der Waals surface area contributed by atoms with Crippen LogP contribution in [0.25, 0.3) is 0 Å². The van der Waals surface area contributed by atoms with Crippen LogP contribution in [0, 0.1) is 11.8 Å². The van der Waals surface area contributed by atoms with Crippen molar-refractivity contribution in [2.24, 2.45) is 11.8 Å². The molecular formula is C10H14O8. The van der Waals surface area contributed by atoms with E-state index in [-0.39, 0.29) is 6.61 Å². The lowest BCUT2D eigenvalue weighted by Crippen LogP contribution is -2.33. The zero-order valence-corrected chi connectivity index (χ0v) is 9.66. The van der Waals surface area contributed by atoms with E-state index in [1.54, 1.807) is 0 Å². The fourth-order valence-electron chi connectivity index (χ4n) is 1.39. The van der Waals surface area contributed by atoms with Crippen molar-refractivity contribution in [3.05, 3.63) is 0 Å². The summed E-state index contributed by atoms with van der Waals surface area (Å²) in [5.41, 5.74) is 0. The van der Waals surface area contributed by atoms with E-state index in [1.165, 1.54) is 6.92 Å². The van der Waals surface area contributed by atoms with Gasteiger partial charge in [-0.1, -0.05) is 0 Å². The van der Waals surface area contributed by atoms with E-state index in [4.69, 9.17) is 15.3 Å². The third kappa shape index (κ3) is 5.28. The van der Waals surface area contributed by atoms with Gasteiger partial charge in [0, 0.05) is 0 Å². The van der Waals surface area contributed by atoms with E-state index in [1.807, 2.05) is 0 Å². The van der Waals surface area contributed by atoms with Crippen molar-refractivity contribution in [2.75, 3.05) is 6.61 Å². The van der Waals surface area contributed by atoms with Crippen LogP contribution in [0.3, 0.4) is 0 Å². The van der Waals surface area contributed by atoms with Gasteiger partial charge in [-0.05, 0) is 6.92 Å². The highest BCUT2D eigenvalue weighted by molar-refractivity contribution is 5.86. The monoisotopic (exact) mass is 262 g/mol. The van der Waals surface area contributed by atoms with Crippen molar-refractivity contribution in [3.63, 3.8) is 0 Å². The zero-order chi connectivity index (χ0) is 14.3. The molecule has 0 aromatic carbocycles. The van der Waals surface area contributed by atoms with Gasteiger partial charge in [0.25, 0.3) is 0 Å². The minimum atomic E-state index is -1.68. The van der Waals surface area contributed by atoms with Crippen molar-refractivity contribution >= 4 is 23.9 Å². The second-order valence-electron chi connectivity index (χ2n) is 3.50. The highest BCUT2D eigenvalue weighted by Gasteiger charge is 2.37. The first-order chi connectivity index (χ1) is 8.29. The molecule has 18 heavy (non-hydrogen) atoms. The van der Waals surface area contributed by atoms with Crippen LogP contribution in [0.4, 0.5) is 0 Å². The minimum absolute atomic E-state index is 0.0296. The molecule has 0 spiro atoms. The molecule has 0 aliphatic carbocycles. The lowest BCUT2D eigenvalue weighted by Gasteiger charge is -2.17. The van der Waals surface area contributed by atoms with Crippen LogP contribution in [0.15, 0.2) is 0 Å². The lowest BCUT2D eigenvalue weighted by molar-refractivity contribution is -0.161. The van der Waals surface area contributed by atoms with Crippen LogP contribution in [0.5, 0.6) is 0 Å². The van der Waals surface area contributed by atoms with Gasteiger partial charge in [-0.15, -0.1) is 0 Å². The SMILES string of the molecule is CCOC(=O)CC(C(=O)O)C(CC(=O)O)C(=O)O. The predicted octanol–water partition coefficient (Wildman–Crippen LogP) is -0.184. The largest absolute Gasteiger partial charge is 0.481 e. The summed E-state index contributed by atoms with van der Waals surface area (Å²) in [5.74, 6) is -8.74. The molecule has 0 fully saturated rings. The number of hydrogen-bond acceptors (Lipinski definition) is 5. The smallest absolute Gasteiger partial charge is 0.307 e. The Bertz CT molecular complexity index is 348. The van der Waals surface area contributed by atoms with E-state index < -0.39 is 48.6 Å². The lowest BCUT2D eigenvalue weighted by atomic mass is 9.87. The molecule has 0 bridgehead atoms. The molecule has 0 aliphatic rings. The van der Waals surface area contributed by atoms with Crippen molar-refractivity contribution in [1.29, 1.82) is 0 Å². The molecule has 0 aliphatic heterocycles. The topological polar surface area (TPSA) is 138 Å². The molecule has 0 radical (unpaired) electrons. The quantitative estimate of drug-likeness (QED) is 0.512. The number of aliphatic carboxylic acids is 3. The van der Waals surface area contributed by atoms with Gasteiger partial charge in [-0.3, -0.25) is 19.2 Å². The average molecular weight is 262 g/mol. The van der Waals surface area contributed by atoms with E-state index in [2.05, 4.69) is 4.74 Å². The number of carbonyl (C=O) groups excluding carboxylic acids is 1. The summed E-state index contributed by atoms with van der Waals surface area (Å²) in [7, 11) is 0. The van der Waals surface area contributed by atoms with Crippen LogP contribution in [0.2, 0.25) is 0 Å². The Morgan fingerprint density at radius 1 is 0.944 bits per heavy atom. The van der Waals surface area contributed by atoms with Crippen LogP contribution in [-0.4, -0.2) is 45.8 Å². The Morgan fingerprint density at radius 3 is 1.72 bits per heavy atom. The number of carbonyl (C=O) groups is 4. The fourth-order valence-corrected chi connectivity index (χ4v) is 1.39. The van der Waals surface area contributed by atoms with Gasteiger partial charge >= 0.3 is 23.9 Å². The number of ether oxygens (including phenoxy) is 1. The molecule has 0 saturated carbocycles. The summed E-state index contributed by atoms with van der Waals surface area (Å²) >= 11 is 0. The van der Waals surface area contributed by atoms with Crippen molar-refractivity contribution in [1.82, 2.24) is 0 Å². The Labute approximate surface area is 102 Å². The normalized spacial score (nSPS) is 13.4. The molecule has 0 saturated heterocycles. The molecule has 0 aromatic heterocycles. The Morgan fingerprint density at radius 2 is 1.39 bits per heavy atom. The molecule has 2 unspecified atom stereocenters. The number of rotatable bonds is 8. The van der Waals surface area contributed by atoms with Gasteiger partial charge in [0.2, 0.25) is 0 Å². The fraction of sp³-hybridized carbons (Fsp3) is 0.600. The summed E-state index contributed by atoms with van der Waals surface area (Å²) in [5, 5.41) is 26.2.